The quantitative estimate of drug-likeness (QED) is 0.304. The molecule has 0 unspecified atom stereocenters. The van der Waals surface area contributed by atoms with Gasteiger partial charge in [0.05, 0.1) is 22.6 Å². The average molecular weight is 503 g/mol. The summed E-state index contributed by atoms with van der Waals surface area (Å²) >= 11 is 0. The smallest absolute Gasteiger partial charge is 0.352 e. The molecular weight excluding hydrogens is 484 g/mol. The van der Waals surface area contributed by atoms with Crippen molar-refractivity contribution in [1.82, 2.24) is 15.1 Å². The van der Waals surface area contributed by atoms with Crippen molar-refractivity contribution in [3.63, 3.8) is 0 Å². The van der Waals surface area contributed by atoms with Crippen molar-refractivity contribution in [3.8, 4) is 16.9 Å². The maximum atomic E-state index is 13.9. The van der Waals surface area contributed by atoms with Crippen molar-refractivity contribution in [3.05, 3.63) is 107 Å². The van der Waals surface area contributed by atoms with Crippen molar-refractivity contribution in [2.24, 2.45) is 0 Å². The maximum absolute atomic E-state index is 13.9. The summed E-state index contributed by atoms with van der Waals surface area (Å²) in [5, 5.41) is 7.00. The number of aryl methyl sites for hydroxylation is 1. The molecule has 1 heterocycles. The van der Waals surface area contributed by atoms with E-state index in [-0.39, 0.29) is 24.9 Å². The Labute approximate surface area is 202 Å². The number of amides is 1. The van der Waals surface area contributed by atoms with E-state index in [9.17, 15) is 31.1 Å². The molecule has 4 rings (SSSR count). The van der Waals surface area contributed by atoms with E-state index in [1.807, 2.05) is 0 Å². The summed E-state index contributed by atoms with van der Waals surface area (Å²) in [6, 6.07) is 14.6. The Bertz CT molecular complexity index is 1360. The molecule has 4 nitrogen and oxygen atoms in total. The number of rotatable bonds is 7. The largest absolute Gasteiger partial charge is 0.416 e. The topological polar surface area (TPSA) is 46.9 Å². The Kier molecular flexibility index (Phi) is 7.14. The van der Waals surface area contributed by atoms with Crippen LogP contribution in [-0.2, 0) is 23.9 Å². The fourth-order valence-corrected chi connectivity index (χ4v) is 3.64. The molecule has 0 bridgehead atoms. The van der Waals surface area contributed by atoms with Gasteiger partial charge in [0, 0.05) is 31.0 Å². The van der Waals surface area contributed by atoms with Crippen LogP contribution < -0.4 is 5.32 Å². The molecule has 0 atom stereocenters. The van der Waals surface area contributed by atoms with Gasteiger partial charge in [-0.15, -0.1) is 0 Å². The number of hydrogen-bond acceptors (Lipinski definition) is 2. The van der Waals surface area contributed by atoms with Crippen molar-refractivity contribution in [2.75, 3.05) is 0 Å². The standard InChI is InChI=1S/C26H19F6N3O/c27-19-3-1-2-17(12-19)24-14-22(34-35(24)23-7-4-18(5-8-23)26(30,31)32)6-9-25(36)33-15-16-10-20(28)13-21(29)11-16/h1-5,7-8,10-14H,6,9,15H2,(H,33,36). The summed E-state index contributed by atoms with van der Waals surface area (Å²) in [5.74, 6) is -2.39. The number of hydrogen-bond donors (Lipinski definition) is 1. The number of alkyl halides is 3. The third kappa shape index (κ3) is 6.12. The van der Waals surface area contributed by atoms with Crippen LogP contribution in [0.4, 0.5) is 26.3 Å². The summed E-state index contributed by atoms with van der Waals surface area (Å²) in [5.41, 5.74) is 1.10. The molecule has 0 saturated carbocycles. The Balaban J connectivity index is 1.53. The lowest BCUT2D eigenvalue weighted by Gasteiger charge is -2.10. The highest BCUT2D eigenvalue weighted by atomic mass is 19.4. The van der Waals surface area contributed by atoms with Crippen LogP contribution in [0, 0.1) is 17.5 Å². The van der Waals surface area contributed by atoms with E-state index in [2.05, 4.69) is 10.4 Å². The third-order valence-electron chi connectivity index (χ3n) is 5.34. The van der Waals surface area contributed by atoms with Gasteiger partial charge in [-0.05, 0) is 60.2 Å². The highest BCUT2D eigenvalue weighted by molar-refractivity contribution is 5.76. The number of carbonyl (C=O) groups is 1. The molecule has 186 valence electrons. The van der Waals surface area contributed by atoms with Gasteiger partial charge < -0.3 is 5.32 Å². The van der Waals surface area contributed by atoms with E-state index < -0.39 is 35.1 Å². The van der Waals surface area contributed by atoms with E-state index in [0.29, 0.717) is 22.6 Å². The second-order valence-corrected chi connectivity index (χ2v) is 8.04. The van der Waals surface area contributed by atoms with Crippen LogP contribution in [-0.4, -0.2) is 15.7 Å². The Morgan fingerprint density at radius 3 is 2.19 bits per heavy atom. The van der Waals surface area contributed by atoms with Gasteiger partial charge in [0.15, 0.2) is 0 Å². The Morgan fingerprint density at radius 1 is 0.861 bits per heavy atom. The van der Waals surface area contributed by atoms with Crippen molar-refractivity contribution in [1.29, 1.82) is 0 Å². The monoisotopic (exact) mass is 503 g/mol. The van der Waals surface area contributed by atoms with Gasteiger partial charge in [0.25, 0.3) is 0 Å². The highest BCUT2D eigenvalue weighted by Crippen LogP contribution is 2.31. The first-order valence-corrected chi connectivity index (χ1v) is 10.8. The molecule has 0 aliphatic rings. The minimum atomic E-state index is -4.50. The van der Waals surface area contributed by atoms with Crippen LogP contribution in [0.2, 0.25) is 0 Å². The first-order valence-electron chi connectivity index (χ1n) is 10.8. The van der Waals surface area contributed by atoms with Gasteiger partial charge in [-0.1, -0.05) is 12.1 Å². The lowest BCUT2D eigenvalue weighted by molar-refractivity contribution is -0.137. The molecule has 0 fully saturated rings. The third-order valence-corrected chi connectivity index (χ3v) is 5.34. The first-order chi connectivity index (χ1) is 17.1. The van der Waals surface area contributed by atoms with Gasteiger partial charge in [-0.2, -0.15) is 18.3 Å². The van der Waals surface area contributed by atoms with Crippen LogP contribution in [0.1, 0.15) is 23.2 Å². The van der Waals surface area contributed by atoms with Crippen molar-refractivity contribution < 1.29 is 31.1 Å². The van der Waals surface area contributed by atoms with Gasteiger partial charge >= 0.3 is 6.18 Å². The molecule has 0 aliphatic heterocycles. The van der Waals surface area contributed by atoms with Crippen molar-refractivity contribution >= 4 is 5.91 Å². The zero-order valence-electron chi connectivity index (χ0n) is 18.6. The van der Waals surface area contributed by atoms with E-state index in [1.165, 1.54) is 35.0 Å². The lowest BCUT2D eigenvalue weighted by atomic mass is 10.1. The normalized spacial score (nSPS) is 11.5. The zero-order valence-corrected chi connectivity index (χ0v) is 18.6. The van der Waals surface area contributed by atoms with E-state index in [1.54, 1.807) is 12.1 Å². The van der Waals surface area contributed by atoms with E-state index in [0.717, 1.165) is 30.3 Å². The van der Waals surface area contributed by atoms with Crippen LogP contribution in [0.15, 0.2) is 72.8 Å². The van der Waals surface area contributed by atoms with E-state index >= 15 is 0 Å². The molecule has 0 spiro atoms. The SMILES string of the molecule is O=C(CCc1cc(-c2cccc(F)c2)n(-c2ccc(C(F)(F)F)cc2)n1)NCc1cc(F)cc(F)c1. The minimum absolute atomic E-state index is 0.00951. The second-order valence-electron chi connectivity index (χ2n) is 8.04. The molecule has 1 aromatic heterocycles. The first kappa shape index (κ1) is 25.0. The summed E-state index contributed by atoms with van der Waals surface area (Å²) in [6.45, 7) is -0.0674. The molecule has 0 saturated heterocycles. The summed E-state index contributed by atoms with van der Waals surface area (Å²) in [6.07, 6.45) is -4.34. The van der Waals surface area contributed by atoms with Crippen LogP contribution in [0.5, 0.6) is 0 Å². The number of nitrogens with one attached hydrogen (secondary N) is 1. The fourth-order valence-electron chi connectivity index (χ4n) is 3.64. The number of halogens is 6. The summed E-state index contributed by atoms with van der Waals surface area (Å²) in [7, 11) is 0. The summed E-state index contributed by atoms with van der Waals surface area (Å²) in [4.78, 5) is 12.3. The molecule has 3 aromatic carbocycles. The average Bonchev–Trinajstić information content (AvgIpc) is 3.25. The van der Waals surface area contributed by atoms with Crippen LogP contribution in [0.25, 0.3) is 16.9 Å². The Morgan fingerprint density at radius 2 is 1.56 bits per heavy atom. The molecule has 0 aliphatic carbocycles. The molecule has 0 radical (unpaired) electrons. The molecule has 1 amide bonds. The zero-order chi connectivity index (χ0) is 25.9. The number of nitrogens with zero attached hydrogens (tertiary/aromatic N) is 2. The van der Waals surface area contributed by atoms with Crippen molar-refractivity contribution in [2.45, 2.75) is 25.6 Å². The molecule has 10 heteroatoms. The van der Waals surface area contributed by atoms with Gasteiger partial charge in [-0.25, -0.2) is 17.9 Å². The van der Waals surface area contributed by atoms with Gasteiger partial charge in [-0.3, -0.25) is 4.79 Å². The molecule has 4 aromatic rings. The van der Waals surface area contributed by atoms with Crippen LogP contribution in [0.3, 0.4) is 0 Å². The number of benzene rings is 3. The molecular formula is C26H19F6N3O. The van der Waals surface area contributed by atoms with Gasteiger partial charge in [0.1, 0.15) is 17.5 Å². The fraction of sp³-hybridized carbons (Fsp3) is 0.154. The molecule has 36 heavy (non-hydrogen) atoms. The summed E-state index contributed by atoms with van der Waals surface area (Å²) < 4.78 is 80.7. The highest BCUT2D eigenvalue weighted by Gasteiger charge is 2.30. The predicted molar refractivity (Wildman–Crippen MR) is 120 cm³/mol. The predicted octanol–water partition coefficient (Wildman–Crippen LogP) is 6.22. The second kappa shape index (κ2) is 10.3. The maximum Gasteiger partial charge on any atom is 0.416 e. The molecule has 1 N–H and O–H groups in total. The minimum Gasteiger partial charge on any atom is -0.352 e. The van der Waals surface area contributed by atoms with Crippen LogP contribution >= 0.6 is 0 Å². The Hall–Kier alpha value is -4.08. The van der Waals surface area contributed by atoms with E-state index in [4.69, 9.17) is 0 Å². The number of aromatic nitrogens is 2. The lowest BCUT2D eigenvalue weighted by Crippen LogP contribution is -2.23. The van der Waals surface area contributed by atoms with Gasteiger partial charge in [0.2, 0.25) is 5.91 Å². The number of carbonyl (C=O) groups excluding carboxylic acids is 1.